The van der Waals surface area contributed by atoms with Crippen molar-refractivity contribution in [3.8, 4) is 0 Å². The SMILES string of the molecule is CCCS(=O)(=O)N1CCN(C2(CNC(=O)c3ccccc3C(F)(F)F)CCCCC2)CC1.Cl. The first-order valence-corrected chi connectivity index (χ1v) is 12.9. The number of hydrogen-bond donors (Lipinski definition) is 1. The van der Waals surface area contributed by atoms with E-state index in [-0.39, 0.29) is 35.8 Å². The lowest BCUT2D eigenvalue weighted by Crippen LogP contribution is -2.62. The lowest BCUT2D eigenvalue weighted by molar-refractivity contribution is -0.137. The van der Waals surface area contributed by atoms with E-state index >= 15 is 0 Å². The molecule has 0 bridgehead atoms. The van der Waals surface area contributed by atoms with Crippen LogP contribution in [0.5, 0.6) is 0 Å². The first kappa shape index (κ1) is 27.9. The average Bonchev–Trinajstić information content (AvgIpc) is 2.77. The van der Waals surface area contributed by atoms with E-state index in [4.69, 9.17) is 0 Å². The number of piperazine rings is 1. The molecule has 33 heavy (non-hydrogen) atoms. The van der Waals surface area contributed by atoms with Crippen molar-refractivity contribution in [3.05, 3.63) is 35.4 Å². The predicted octanol–water partition coefficient (Wildman–Crippen LogP) is 3.92. The fourth-order valence-electron chi connectivity index (χ4n) is 4.91. The maximum absolute atomic E-state index is 13.3. The maximum atomic E-state index is 13.3. The summed E-state index contributed by atoms with van der Waals surface area (Å²) in [6.07, 6.45) is 0.657. The fourth-order valence-corrected chi connectivity index (χ4v) is 6.40. The van der Waals surface area contributed by atoms with Crippen molar-refractivity contribution >= 4 is 28.3 Å². The Bertz CT molecular complexity index is 898. The molecule has 0 radical (unpaired) electrons. The zero-order valence-corrected chi connectivity index (χ0v) is 20.5. The summed E-state index contributed by atoms with van der Waals surface area (Å²) < 4.78 is 66.3. The summed E-state index contributed by atoms with van der Waals surface area (Å²) >= 11 is 0. The van der Waals surface area contributed by atoms with Crippen molar-refractivity contribution in [2.45, 2.75) is 57.2 Å². The molecule has 0 spiro atoms. The van der Waals surface area contributed by atoms with Gasteiger partial charge >= 0.3 is 6.18 Å². The third kappa shape index (κ3) is 6.61. The number of hydrogen-bond acceptors (Lipinski definition) is 4. The second-order valence-electron chi connectivity index (χ2n) is 8.71. The first-order chi connectivity index (χ1) is 15.1. The zero-order valence-electron chi connectivity index (χ0n) is 18.9. The molecule has 1 aromatic rings. The number of sulfonamides is 1. The van der Waals surface area contributed by atoms with Gasteiger partial charge in [0.1, 0.15) is 0 Å². The second kappa shape index (κ2) is 11.4. The van der Waals surface area contributed by atoms with Crippen LogP contribution in [0.25, 0.3) is 0 Å². The van der Waals surface area contributed by atoms with Gasteiger partial charge in [0, 0.05) is 38.3 Å². The van der Waals surface area contributed by atoms with E-state index in [0.29, 0.717) is 32.6 Å². The molecule has 1 saturated carbocycles. The molecule has 1 aliphatic heterocycles. The predicted molar refractivity (Wildman–Crippen MR) is 124 cm³/mol. The van der Waals surface area contributed by atoms with Crippen LogP contribution in [0.4, 0.5) is 13.2 Å². The highest BCUT2D eigenvalue weighted by Crippen LogP contribution is 2.35. The Morgan fingerprint density at radius 1 is 1.06 bits per heavy atom. The summed E-state index contributed by atoms with van der Waals surface area (Å²) in [5, 5.41) is 2.77. The van der Waals surface area contributed by atoms with Crippen LogP contribution >= 0.6 is 12.4 Å². The van der Waals surface area contributed by atoms with Gasteiger partial charge in [0.25, 0.3) is 5.91 Å². The molecule has 1 saturated heterocycles. The highest BCUT2D eigenvalue weighted by molar-refractivity contribution is 7.89. The highest BCUT2D eigenvalue weighted by Gasteiger charge is 2.41. The highest BCUT2D eigenvalue weighted by atomic mass is 35.5. The fraction of sp³-hybridized carbons (Fsp3) is 0.682. The number of halogens is 4. The smallest absolute Gasteiger partial charge is 0.350 e. The van der Waals surface area contributed by atoms with Gasteiger partial charge in [0.15, 0.2) is 0 Å². The van der Waals surface area contributed by atoms with Gasteiger partial charge in [-0.2, -0.15) is 17.5 Å². The molecule has 0 aromatic heterocycles. The van der Waals surface area contributed by atoms with Crippen LogP contribution in [0.1, 0.15) is 61.4 Å². The quantitative estimate of drug-likeness (QED) is 0.602. The number of carbonyl (C=O) groups excluding carboxylic acids is 1. The minimum Gasteiger partial charge on any atom is -0.350 e. The Morgan fingerprint density at radius 3 is 2.24 bits per heavy atom. The summed E-state index contributed by atoms with van der Waals surface area (Å²) in [6.45, 7) is 3.99. The normalized spacial score (nSPS) is 20.1. The monoisotopic (exact) mass is 511 g/mol. The van der Waals surface area contributed by atoms with Gasteiger partial charge in [-0.25, -0.2) is 8.42 Å². The van der Waals surface area contributed by atoms with Gasteiger partial charge in [-0.1, -0.05) is 38.3 Å². The molecule has 188 valence electrons. The first-order valence-electron chi connectivity index (χ1n) is 11.3. The van der Waals surface area contributed by atoms with Crippen LogP contribution in [0.15, 0.2) is 24.3 Å². The van der Waals surface area contributed by atoms with E-state index in [0.717, 1.165) is 38.2 Å². The van der Waals surface area contributed by atoms with Crippen molar-refractivity contribution in [1.29, 1.82) is 0 Å². The van der Waals surface area contributed by atoms with Gasteiger partial charge in [-0.05, 0) is 31.4 Å². The average molecular weight is 512 g/mol. The number of alkyl halides is 3. The van der Waals surface area contributed by atoms with E-state index in [1.807, 2.05) is 6.92 Å². The van der Waals surface area contributed by atoms with Crippen molar-refractivity contribution in [2.24, 2.45) is 0 Å². The number of nitrogens with zero attached hydrogens (tertiary/aromatic N) is 2. The molecule has 2 aliphatic rings. The molecule has 0 unspecified atom stereocenters. The van der Waals surface area contributed by atoms with Crippen molar-refractivity contribution in [2.75, 3.05) is 38.5 Å². The molecule has 1 aliphatic carbocycles. The van der Waals surface area contributed by atoms with E-state index < -0.39 is 27.7 Å². The van der Waals surface area contributed by atoms with Crippen molar-refractivity contribution in [3.63, 3.8) is 0 Å². The van der Waals surface area contributed by atoms with Crippen LogP contribution in [0, 0.1) is 0 Å². The molecule has 0 atom stereocenters. The summed E-state index contributed by atoms with van der Waals surface area (Å²) in [5.41, 5.74) is -1.67. The number of amides is 1. The molecular weight excluding hydrogens is 479 g/mol. The molecule has 1 amide bonds. The van der Waals surface area contributed by atoms with Crippen LogP contribution in [0.3, 0.4) is 0 Å². The zero-order chi connectivity index (χ0) is 23.4. The Balaban J connectivity index is 0.00000385. The van der Waals surface area contributed by atoms with Crippen LogP contribution < -0.4 is 5.32 Å². The lowest BCUT2D eigenvalue weighted by atomic mass is 9.79. The van der Waals surface area contributed by atoms with E-state index in [9.17, 15) is 26.4 Å². The number of rotatable bonds is 7. The van der Waals surface area contributed by atoms with Gasteiger partial charge in [-0.3, -0.25) is 9.69 Å². The van der Waals surface area contributed by atoms with Gasteiger partial charge < -0.3 is 5.32 Å². The molecule has 1 N–H and O–H groups in total. The summed E-state index contributed by atoms with van der Waals surface area (Å²) in [6, 6.07) is 4.81. The molecule has 3 rings (SSSR count). The summed E-state index contributed by atoms with van der Waals surface area (Å²) in [4.78, 5) is 15.0. The third-order valence-corrected chi connectivity index (χ3v) is 8.68. The van der Waals surface area contributed by atoms with Gasteiger partial charge in [0.05, 0.1) is 16.9 Å². The summed E-state index contributed by atoms with van der Waals surface area (Å²) in [7, 11) is -3.26. The maximum Gasteiger partial charge on any atom is 0.417 e. The lowest BCUT2D eigenvalue weighted by Gasteiger charge is -2.49. The summed E-state index contributed by atoms with van der Waals surface area (Å²) in [5.74, 6) is -0.598. The Labute approximate surface area is 200 Å². The molecule has 1 aromatic carbocycles. The van der Waals surface area contributed by atoms with Crippen molar-refractivity contribution in [1.82, 2.24) is 14.5 Å². The van der Waals surface area contributed by atoms with Crippen LogP contribution in [0.2, 0.25) is 0 Å². The van der Waals surface area contributed by atoms with Crippen LogP contribution in [-0.2, 0) is 16.2 Å². The molecule has 2 fully saturated rings. The van der Waals surface area contributed by atoms with E-state index in [2.05, 4.69) is 10.2 Å². The molecular formula is C22H33ClF3N3O3S. The second-order valence-corrected chi connectivity index (χ2v) is 10.8. The number of nitrogens with one attached hydrogen (secondary N) is 1. The van der Waals surface area contributed by atoms with E-state index in [1.54, 1.807) is 0 Å². The number of carbonyl (C=O) groups is 1. The topological polar surface area (TPSA) is 69.7 Å². The van der Waals surface area contributed by atoms with Crippen LogP contribution in [-0.4, -0.2) is 67.5 Å². The number of benzene rings is 1. The Hall–Kier alpha value is -1.36. The molecule has 11 heteroatoms. The largest absolute Gasteiger partial charge is 0.417 e. The molecule has 1 heterocycles. The standard InChI is InChI=1S/C22H32F3N3O3S.ClH/c1-2-16-32(30,31)28-14-12-27(13-15-28)21(10-6-3-7-11-21)17-26-20(29)18-8-4-5-9-19(18)22(23,24)25;/h4-5,8-9H,2-3,6-7,10-17H2,1H3,(H,26,29);1H. The van der Waals surface area contributed by atoms with Crippen molar-refractivity contribution < 1.29 is 26.4 Å². The minimum atomic E-state index is -4.60. The Kier molecular flexibility index (Phi) is 9.61. The van der Waals surface area contributed by atoms with Gasteiger partial charge in [0.2, 0.25) is 10.0 Å². The van der Waals surface area contributed by atoms with Gasteiger partial charge in [-0.15, -0.1) is 12.4 Å². The van der Waals surface area contributed by atoms with E-state index in [1.165, 1.54) is 22.5 Å². The minimum absolute atomic E-state index is 0. The molecule has 6 nitrogen and oxygen atoms in total. The third-order valence-electron chi connectivity index (χ3n) is 6.60. The Morgan fingerprint density at radius 2 is 1.67 bits per heavy atom.